The quantitative estimate of drug-likeness (QED) is 0.155. The van der Waals surface area contributed by atoms with E-state index in [2.05, 4.69) is 5.32 Å². The van der Waals surface area contributed by atoms with Crippen LogP contribution >= 0.6 is 22.6 Å². The van der Waals surface area contributed by atoms with Crippen molar-refractivity contribution in [1.82, 2.24) is 10.2 Å². The Hall–Kier alpha value is -4.51. The van der Waals surface area contributed by atoms with Crippen LogP contribution in [0, 0.1) is 3.57 Å². The van der Waals surface area contributed by atoms with Crippen molar-refractivity contribution in [2.75, 3.05) is 34.2 Å². The average Bonchev–Trinajstić information content (AvgIpc) is 3.78. The molecular weight excluding hydrogens is 751 g/mol. The van der Waals surface area contributed by atoms with Gasteiger partial charge in [0.15, 0.2) is 40.1 Å². The molecule has 13 nitrogen and oxygen atoms in total. The van der Waals surface area contributed by atoms with Crippen molar-refractivity contribution in [2.45, 2.75) is 37.8 Å². The van der Waals surface area contributed by atoms with Crippen molar-refractivity contribution in [3.05, 3.63) is 86.7 Å². The Labute approximate surface area is 295 Å². The molecule has 0 spiro atoms. The molecule has 0 bridgehead atoms. The molecule has 1 aliphatic carbocycles. The van der Waals surface area contributed by atoms with Crippen molar-refractivity contribution < 1.29 is 53.0 Å². The SMILES string of the molecule is COc1cc(CO)cc(I)c1OC1C=C(C(=O)NCCO)CC(N(Cc2ccc3c(c2)OCO3)C(=O)c2cc3cccc(OC)c3o2)C1O. The number of para-hydroxylation sites is 1. The number of nitrogens with one attached hydrogen (secondary N) is 1. The van der Waals surface area contributed by atoms with Gasteiger partial charge in [-0.1, -0.05) is 18.2 Å². The zero-order chi connectivity index (χ0) is 34.7. The first kappa shape index (κ1) is 34.4. The lowest BCUT2D eigenvalue weighted by molar-refractivity contribution is -0.118. The van der Waals surface area contributed by atoms with Gasteiger partial charge in [0.25, 0.3) is 5.91 Å². The van der Waals surface area contributed by atoms with Crippen LogP contribution in [-0.2, 0) is 17.9 Å². The summed E-state index contributed by atoms with van der Waals surface area (Å²) in [4.78, 5) is 29.3. The molecule has 0 fully saturated rings. The monoisotopic (exact) mass is 786 g/mol. The van der Waals surface area contributed by atoms with Gasteiger partial charge in [0, 0.05) is 30.5 Å². The van der Waals surface area contributed by atoms with Crippen molar-refractivity contribution >= 4 is 45.4 Å². The molecule has 3 aromatic carbocycles. The lowest BCUT2D eigenvalue weighted by Crippen LogP contribution is -2.54. The molecule has 1 aromatic heterocycles. The Morgan fingerprint density at radius 1 is 1.00 bits per heavy atom. The largest absolute Gasteiger partial charge is 0.493 e. The fourth-order valence-electron chi connectivity index (χ4n) is 5.91. The summed E-state index contributed by atoms with van der Waals surface area (Å²) >= 11 is 2.04. The molecule has 49 heavy (non-hydrogen) atoms. The number of rotatable bonds is 12. The first-order chi connectivity index (χ1) is 23.7. The maximum absolute atomic E-state index is 14.5. The third-order valence-electron chi connectivity index (χ3n) is 8.33. The summed E-state index contributed by atoms with van der Waals surface area (Å²) in [6.07, 6.45) is -1.00. The highest BCUT2D eigenvalue weighted by Crippen LogP contribution is 2.39. The number of furan rings is 1. The fourth-order valence-corrected chi connectivity index (χ4v) is 6.71. The minimum Gasteiger partial charge on any atom is -0.493 e. The van der Waals surface area contributed by atoms with E-state index in [0.717, 1.165) is 0 Å². The number of amides is 2. The van der Waals surface area contributed by atoms with E-state index >= 15 is 0 Å². The second-order valence-electron chi connectivity index (χ2n) is 11.4. The van der Waals surface area contributed by atoms with Crippen molar-refractivity contribution in [3.8, 4) is 28.7 Å². The normalized spacial score (nSPS) is 18.2. The second kappa shape index (κ2) is 14.9. The highest BCUT2D eigenvalue weighted by molar-refractivity contribution is 14.1. The molecule has 0 saturated heterocycles. The Bertz CT molecular complexity index is 1890. The van der Waals surface area contributed by atoms with E-state index in [4.69, 9.17) is 28.1 Å². The minimum absolute atomic E-state index is 0.00144. The lowest BCUT2D eigenvalue weighted by atomic mass is 9.87. The molecule has 258 valence electrons. The first-order valence-electron chi connectivity index (χ1n) is 15.4. The number of carbonyl (C=O) groups is 2. The molecule has 2 amide bonds. The molecule has 6 rings (SSSR count). The average molecular weight is 787 g/mol. The number of aliphatic hydroxyl groups excluding tert-OH is 3. The van der Waals surface area contributed by atoms with Crippen molar-refractivity contribution in [1.29, 1.82) is 0 Å². The molecule has 2 heterocycles. The first-order valence-corrected chi connectivity index (χ1v) is 16.5. The summed E-state index contributed by atoms with van der Waals surface area (Å²) in [5, 5.41) is 34.4. The summed E-state index contributed by atoms with van der Waals surface area (Å²) in [6, 6.07) is 14.5. The van der Waals surface area contributed by atoms with Crippen molar-refractivity contribution in [2.24, 2.45) is 0 Å². The summed E-state index contributed by atoms with van der Waals surface area (Å²) in [7, 11) is 2.96. The van der Waals surface area contributed by atoms with E-state index < -0.39 is 30.1 Å². The molecule has 3 atom stereocenters. The predicted octanol–water partition coefficient (Wildman–Crippen LogP) is 3.53. The number of fused-ring (bicyclic) bond motifs is 2. The van der Waals surface area contributed by atoms with Crippen LogP contribution in [0.2, 0.25) is 0 Å². The third kappa shape index (κ3) is 7.13. The molecule has 2 aliphatic rings. The van der Waals surface area contributed by atoms with Crippen LogP contribution in [0.3, 0.4) is 0 Å². The Balaban J connectivity index is 1.42. The summed E-state index contributed by atoms with van der Waals surface area (Å²) in [5.41, 5.74) is 1.90. The van der Waals surface area contributed by atoms with Gasteiger partial charge in [0.05, 0.1) is 37.0 Å². The van der Waals surface area contributed by atoms with Gasteiger partial charge in [-0.15, -0.1) is 0 Å². The van der Waals surface area contributed by atoms with E-state index in [0.29, 0.717) is 48.7 Å². The van der Waals surface area contributed by atoms with Gasteiger partial charge in [-0.25, -0.2) is 0 Å². The summed E-state index contributed by atoms with van der Waals surface area (Å²) < 4.78 is 35.1. The van der Waals surface area contributed by atoms with Crippen LogP contribution in [-0.4, -0.2) is 84.4 Å². The summed E-state index contributed by atoms with van der Waals surface area (Å²) in [5.74, 6) is 1.10. The number of methoxy groups -OCH3 is 2. The fraction of sp³-hybridized carbons (Fsp3) is 0.314. The highest BCUT2D eigenvalue weighted by atomic mass is 127. The number of aliphatic hydroxyl groups is 3. The van der Waals surface area contributed by atoms with Gasteiger partial charge in [0.1, 0.15) is 12.2 Å². The van der Waals surface area contributed by atoms with Crippen LogP contribution in [0.5, 0.6) is 28.7 Å². The molecule has 0 saturated carbocycles. The van der Waals surface area contributed by atoms with E-state index in [1.54, 1.807) is 54.6 Å². The van der Waals surface area contributed by atoms with Gasteiger partial charge in [-0.05, 0) is 76.2 Å². The van der Waals surface area contributed by atoms with Crippen LogP contribution in [0.25, 0.3) is 11.0 Å². The minimum atomic E-state index is -1.34. The Morgan fingerprint density at radius 3 is 2.55 bits per heavy atom. The molecular formula is C35H35IN2O11. The van der Waals surface area contributed by atoms with Crippen LogP contribution in [0.4, 0.5) is 0 Å². The van der Waals surface area contributed by atoms with Gasteiger partial charge < -0.3 is 53.6 Å². The smallest absolute Gasteiger partial charge is 0.290 e. The van der Waals surface area contributed by atoms with E-state index in [9.17, 15) is 24.9 Å². The number of halogens is 1. The number of hydrogen-bond donors (Lipinski definition) is 4. The Morgan fingerprint density at radius 2 is 1.80 bits per heavy atom. The van der Waals surface area contributed by atoms with E-state index in [1.165, 1.54) is 25.2 Å². The topological polar surface area (TPSA) is 169 Å². The lowest BCUT2D eigenvalue weighted by Gasteiger charge is -2.40. The number of nitrogens with zero attached hydrogens (tertiary/aromatic N) is 1. The third-order valence-corrected chi connectivity index (χ3v) is 9.13. The van der Waals surface area contributed by atoms with Gasteiger partial charge in [-0.2, -0.15) is 0 Å². The standard InChI is InChI=1S/C35H35IN2O11/c1-44-26-5-3-4-21-14-30(49-32(21)26)35(43)38(16-19-6-7-25-27(11-19)47-18-46-25)24-13-22(34(42)37-8-9-39)15-28(31(24)41)48-33-23(36)10-20(17-40)12-29(33)45-2/h3-7,10-12,14-15,24,28,31,39-41H,8-9,13,16-18H2,1-2H3,(H,37,42). The maximum Gasteiger partial charge on any atom is 0.290 e. The molecule has 14 heteroatoms. The van der Waals surface area contributed by atoms with Crippen LogP contribution in [0.15, 0.2) is 70.7 Å². The van der Waals surface area contributed by atoms with E-state index in [-0.39, 0.29) is 56.6 Å². The van der Waals surface area contributed by atoms with Crippen molar-refractivity contribution in [3.63, 3.8) is 0 Å². The number of hydrogen-bond acceptors (Lipinski definition) is 11. The molecule has 4 aromatic rings. The number of ether oxygens (including phenoxy) is 5. The highest BCUT2D eigenvalue weighted by Gasteiger charge is 2.42. The van der Waals surface area contributed by atoms with Gasteiger partial charge in [0.2, 0.25) is 12.7 Å². The predicted molar refractivity (Wildman–Crippen MR) is 184 cm³/mol. The zero-order valence-corrected chi connectivity index (χ0v) is 28.8. The zero-order valence-electron chi connectivity index (χ0n) is 26.7. The summed E-state index contributed by atoms with van der Waals surface area (Å²) in [6.45, 7) is -0.427. The molecule has 1 aliphatic heterocycles. The van der Waals surface area contributed by atoms with Crippen LogP contribution in [0.1, 0.15) is 28.1 Å². The molecule has 4 N–H and O–H groups in total. The number of benzene rings is 3. The van der Waals surface area contributed by atoms with Gasteiger partial charge >= 0.3 is 0 Å². The maximum atomic E-state index is 14.5. The number of carbonyl (C=O) groups excluding carboxylic acids is 2. The second-order valence-corrected chi connectivity index (χ2v) is 12.6. The Kier molecular flexibility index (Phi) is 10.5. The van der Waals surface area contributed by atoms with Crippen LogP contribution < -0.4 is 29.0 Å². The molecule has 3 unspecified atom stereocenters. The van der Waals surface area contributed by atoms with Gasteiger partial charge in [-0.3, -0.25) is 9.59 Å². The van der Waals surface area contributed by atoms with E-state index in [1.807, 2.05) is 22.6 Å². The molecule has 0 radical (unpaired) electrons.